The Labute approximate surface area is 69.5 Å². The second-order valence-corrected chi connectivity index (χ2v) is 3.40. The minimum absolute atomic E-state index is 0.591. The van der Waals surface area contributed by atoms with Crippen LogP contribution < -0.4 is 0 Å². The molecular formula is C8H9I. The van der Waals surface area contributed by atoms with Gasteiger partial charge < -0.3 is 0 Å². The first-order valence-electron chi connectivity index (χ1n) is 3.01. The van der Waals surface area contributed by atoms with Crippen molar-refractivity contribution < 1.29 is 0 Å². The van der Waals surface area contributed by atoms with Crippen molar-refractivity contribution in [3.05, 3.63) is 34.0 Å². The molecule has 0 aromatic carbocycles. The average Bonchev–Trinajstić information content (AvgIpc) is 1.97. The maximum atomic E-state index is 2.31. The molecule has 0 unspecified atom stereocenters. The predicted octanol–water partition coefficient (Wildman–Crippen LogP) is 3.07. The summed E-state index contributed by atoms with van der Waals surface area (Å²) in [4.78, 5) is 0. The van der Waals surface area contributed by atoms with E-state index < -0.39 is 0 Å². The Bertz CT molecular complexity index is 175. The molecule has 0 aromatic heterocycles. The Morgan fingerprint density at radius 2 is 2.22 bits per heavy atom. The van der Waals surface area contributed by atoms with Crippen LogP contribution in [0.1, 0.15) is 6.92 Å². The van der Waals surface area contributed by atoms with Crippen molar-refractivity contribution in [2.24, 2.45) is 5.92 Å². The Morgan fingerprint density at radius 3 is 3.00 bits per heavy atom. The molecule has 1 aliphatic carbocycles. The summed E-state index contributed by atoms with van der Waals surface area (Å²) in [6.07, 6.45) is 10.7. The molecule has 1 rings (SSSR count). The van der Waals surface area contributed by atoms with Gasteiger partial charge in [-0.15, -0.1) is 0 Å². The van der Waals surface area contributed by atoms with Crippen molar-refractivity contribution in [1.29, 1.82) is 0 Å². The monoisotopic (exact) mass is 232 g/mol. The molecule has 0 aliphatic heterocycles. The highest BCUT2D eigenvalue weighted by Gasteiger charge is 1.92. The summed E-state index contributed by atoms with van der Waals surface area (Å²) < 4.78 is 1.30. The zero-order valence-corrected chi connectivity index (χ0v) is 7.50. The molecule has 0 fully saturated rings. The second-order valence-electron chi connectivity index (χ2n) is 2.15. The molecule has 0 heterocycles. The number of allylic oxidation sites excluding steroid dienone is 6. The lowest BCUT2D eigenvalue weighted by molar-refractivity contribution is 0.942. The van der Waals surface area contributed by atoms with E-state index in [4.69, 9.17) is 0 Å². The third-order valence-corrected chi connectivity index (χ3v) is 1.95. The van der Waals surface area contributed by atoms with Crippen molar-refractivity contribution in [3.8, 4) is 0 Å². The summed E-state index contributed by atoms with van der Waals surface area (Å²) in [5.74, 6) is 0.591. The van der Waals surface area contributed by atoms with Crippen LogP contribution >= 0.6 is 22.6 Å². The summed E-state index contributed by atoms with van der Waals surface area (Å²) in [5.41, 5.74) is 0. The zero-order valence-electron chi connectivity index (χ0n) is 5.34. The topological polar surface area (TPSA) is 0 Å². The number of rotatable bonds is 0. The molecule has 1 atom stereocenters. The van der Waals surface area contributed by atoms with Crippen molar-refractivity contribution in [3.63, 3.8) is 0 Å². The van der Waals surface area contributed by atoms with Crippen LogP contribution in [0.25, 0.3) is 0 Å². The summed E-state index contributed by atoms with van der Waals surface area (Å²) in [5, 5.41) is 0. The van der Waals surface area contributed by atoms with Crippen LogP contribution in [0, 0.1) is 5.92 Å². The van der Waals surface area contributed by atoms with Crippen LogP contribution in [0.2, 0.25) is 0 Å². The van der Waals surface area contributed by atoms with Crippen molar-refractivity contribution in [2.45, 2.75) is 6.92 Å². The lowest BCUT2D eigenvalue weighted by atomic mass is 10.2. The van der Waals surface area contributed by atoms with Gasteiger partial charge in [0.05, 0.1) is 0 Å². The molecule has 0 radical (unpaired) electrons. The highest BCUT2D eigenvalue weighted by Crippen LogP contribution is 2.13. The van der Waals surface area contributed by atoms with Crippen LogP contribution in [0.4, 0.5) is 0 Å². The standard InChI is InChI=1S/C8H9I/c1-7-3-2-4-8(9)6-5-7/h2-7H,1H3/t7-/m0/s1. The Morgan fingerprint density at radius 1 is 1.44 bits per heavy atom. The van der Waals surface area contributed by atoms with Gasteiger partial charge in [0.25, 0.3) is 0 Å². The SMILES string of the molecule is C[C@H]1C=CC=C(I)C=C1. The molecule has 0 spiro atoms. The van der Waals surface area contributed by atoms with E-state index in [9.17, 15) is 0 Å². The predicted molar refractivity (Wildman–Crippen MR) is 49.5 cm³/mol. The Kier molecular flexibility index (Phi) is 2.51. The van der Waals surface area contributed by atoms with Crippen molar-refractivity contribution in [1.82, 2.24) is 0 Å². The first-order chi connectivity index (χ1) is 4.29. The van der Waals surface area contributed by atoms with E-state index in [1.165, 1.54) is 3.58 Å². The van der Waals surface area contributed by atoms with E-state index in [0.717, 1.165) is 0 Å². The molecule has 0 saturated heterocycles. The quantitative estimate of drug-likeness (QED) is 0.563. The minimum atomic E-state index is 0.591. The average molecular weight is 232 g/mol. The lowest BCUT2D eigenvalue weighted by Crippen LogP contribution is -1.77. The molecule has 0 bridgehead atoms. The van der Waals surface area contributed by atoms with E-state index in [1.54, 1.807) is 0 Å². The van der Waals surface area contributed by atoms with Crippen molar-refractivity contribution in [2.75, 3.05) is 0 Å². The van der Waals surface area contributed by atoms with E-state index in [0.29, 0.717) is 5.92 Å². The van der Waals surface area contributed by atoms with Crippen LogP contribution in [0.3, 0.4) is 0 Å². The molecule has 0 nitrogen and oxygen atoms in total. The van der Waals surface area contributed by atoms with Gasteiger partial charge >= 0.3 is 0 Å². The molecule has 1 aliphatic rings. The molecule has 0 aromatic rings. The van der Waals surface area contributed by atoms with Gasteiger partial charge in [-0.1, -0.05) is 31.2 Å². The Hall–Kier alpha value is -0.0500. The van der Waals surface area contributed by atoms with E-state index in [1.807, 2.05) is 0 Å². The molecule has 0 amide bonds. The molecule has 0 saturated carbocycles. The largest absolute Gasteiger partial charge is 0.0779 e. The smallest absolute Gasteiger partial charge is 0.0127 e. The summed E-state index contributed by atoms with van der Waals surface area (Å²) in [7, 11) is 0. The van der Waals surface area contributed by atoms with E-state index >= 15 is 0 Å². The van der Waals surface area contributed by atoms with Gasteiger partial charge in [0, 0.05) is 3.58 Å². The first-order valence-corrected chi connectivity index (χ1v) is 4.09. The minimum Gasteiger partial charge on any atom is -0.0779 e. The zero-order chi connectivity index (χ0) is 6.69. The molecule has 1 heteroatoms. The lowest BCUT2D eigenvalue weighted by Gasteiger charge is -1.91. The van der Waals surface area contributed by atoms with E-state index in [-0.39, 0.29) is 0 Å². The fourth-order valence-electron chi connectivity index (χ4n) is 0.686. The first kappa shape index (κ1) is 7.06. The van der Waals surface area contributed by atoms with Crippen LogP contribution in [-0.4, -0.2) is 0 Å². The number of hydrogen-bond donors (Lipinski definition) is 0. The molecule has 0 N–H and O–H groups in total. The summed E-state index contributed by atoms with van der Waals surface area (Å²) >= 11 is 2.31. The van der Waals surface area contributed by atoms with Crippen LogP contribution in [0.5, 0.6) is 0 Å². The van der Waals surface area contributed by atoms with Crippen LogP contribution in [-0.2, 0) is 0 Å². The molecular weight excluding hydrogens is 223 g/mol. The maximum Gasteiger partial charge on any atom is 0.0127 e. The summed E-state index contributed by atoms with van der Waals surface area (Å²) in [6.45, 7) is 2.18. The van der Waals surface area contributed by atoms with Gasteiger partial charge in [0.15, 0.2) is 0 Å². The van der Waals surface area contributed by atoms with Gasteiger partial charge in [0.1, 0.15) is 0 Å². The number of halogens is 1. The summed E-state index contributed by atoms with van der Waals surface area (Å²) in [6, 6.07) is 0. The van der Waals surface area contributed by atoms with Gasteiger partial charge in [-0.2, -0.15) is 0 Å². The van der Waals surface area contributed by atoms with Crippen molar-refractivity contribution >= 4 is 22.6 Å². The van der Waals surface area contributed by atoms with Crippen LogP contribution in [0.15, 0.2) is 34.0 Å². The van der Waals surface area contributed by atoms with Gasteiger partial charge in [0.2, 0.25) is 0 Å². The van der Waals surface area contributed by atoms with Gasteiger partial charge in [-0.3, -0.25) is 0 Å². The molecule has 48 valence electrons. The van der Waals surface area contributed by atoms with Gasteiger partial charge in [-0.05, 0) is 34.6 Å². The normalized spacial score (nSPS) is 25.6. The Balaban J connectivity index is 2.75. The molecule has 9 heavy (non-hydrogen) atoms. The van der Waals surface area contributed by atoms with Gasteiger partial charge in [-0.25, -0.2) is 0 Å². The highest BCUT2D eigenvalue weighted by molar-refractivity contribution is 14.1. The number of hydrogen-bond acceptors (Lipinski definition) is 0. The highest BCUT2D eigenvalue weighted by atomic mass is 127. The second kappa shape index (κ2) is 3.20. The fourth-order valence-corrected chi connectivity index (χ4v) is 1.10. The fraction of sp³-hybridized carbons (Fsp3) is 0.250. The third-order valence-electron chi connectivity index (χ3n) is 1.23. The third kappa shape index (κ3) is 2.35. The maximum absolute atomic E-state index is 2.31. The van der Waals surface area contributed by atoms with E-state index in [2.05, 4.69) is 59.9 Å².